The van der Waals surface area contributed by atoms with Crippen molar-refractivity contribution < 1.29 is 13.6 Å². The minimum Gasteiger partial charge on any atom is -0.396 e. The third-order valence-electron chi connectivity index (χ3n) is 4.66. The van der Waals surface area contributed by atoms with Gasteiger partial charge < -0.3 is 4.84 Å². The van der Waals surface area contributed by atoms with Crippen LogP contribution in [0.2, 0.25) is 0 Å². The summed E-state index contributed by atoms with van der Waals surface area (Å²) in [6.45, 7) is 2.79. The van der Waals surface area contributed by atoms with E-state index in [0.29, 0.717) is 12.2 Å². The fourth-order valence-corrected chi connectivity index (χ4v) is 2.90. The van der Waals surface area contributed by atoms with Gasteiger partial charge in [0.25, 0.3) is 0 Å². The summed E-state index contributed by atoms with van der Waals surface area (Å²) in [7, 11) is 0. The number of unbranched alkanes of at least 4 members (excludes halogenated alkanes) is 9. The molecule has 0 aliphatic heterocycles. The van der Waals surface area contributed by atoms with E-state index in [2.05, 4.69) is 36.4 Å². The number of benzene rings is 1. The van der Waals surface area contributed by atoms with Gasteiger partial charge in [-0.15, -0.1) is 0 Å². The second-order valence-corrected chi connectivity index (χ2v) is 7.33. The standard InChI is InChI=1S/C25H37F2NO/c1-2-3-4-5-6-7-8-9-10-11-12-13-14-15-16-17-20-29-28-22-23-18-19-24(26)25(27)21-23/h6-7,9-10,18-19,21-22H,2-5,8,11-17,20H2,1H3/b7-6-,10-9-,28-22+. The first-order valence-corrected chi connectivity index (χ1v) is 11.1. The number of hydrogen-bond acceptors (Lipinski definition) is 2. The summed E-state index contributed by atoms with van der Waals surface area (Å²) in [6.07, 6.45) is 25.0. The van der Waals surface area contributed by atoms with Crippen LogP contribution >= 0.6 is 0 Å². The van der Waals surface area contributed by atoms with Crippen LogP contribution < -0.4 is 0 Å². The van der Waals surface area contributed by atoms with E-state index < -0.39 is 11.6 Å². The first-order chi connectivity index (χ1) is 14.2. The topological polar surface area (TPSA) is 21.6 Å². The SMILES string of the molecule is CCCCC/C=C\C/C=C\CCCCCCCCO/N=C/c1ccc(F)c(F)c1. The summed E-state index contributed by atoms with van der Waals surface area (Å²) >= 11 is 0. The van der Waals surface area contributed by atoms with Crippen LogP contribution in [0, 0.1) is 11.6 Å². The van der Waals surface area contributed by atoms with Gasteiger partial charge in [0, 0.05) is 0 Å². The molecule has 1 aromatic rings. The van der Waals surface area contributed by atoms with Gasteiger partial charge in [-0.1, -0.05) is 74.6 Å². The van der Waals surface area contributed by atoms with Gasteiger partial charge in [-0.25, -0.2) is 8.78 Å². The molecule has 162 valence electrons. The molecule has 4 heteroatoms. The predicted molar refractivity (Wildman–Crippen MR) is 119 cm³/mol. The third kappa shape index (κ3) is 14.7. The molecule has 0 bridgehead atoms. The van der Waals surface area contributed by atoms with Gasteiger partial charge in [0.05, 0.1) is 6.21 Å². The van der Waals surface area contributed by atoms with Crippen LogP contribution in [0.4, 0.5) is 8.78 Å². The van der Waals surface area contributed by atoms with Gasteiger partial charge in [-0.05, 0) is 62.6 Å². The first-order valence-electron chi connectivity index (χ1n) is 11.1. The van der Waals surface area contributed by atoms with Crippen molar-refractivity contribution in [3.05, 3.63) is 59.7 Å². The Balaban J connectivity index is 1.87. The van der Waals surface area contributed by atoms with E-state index in [1.807, 2.05) is 0 Å². The molecule has 0 N–H and O–H groups in total. The van der Waals surface area contributed by atoms with Crippen LogP contribution in [0.3, 0.4) is 0 Å². The zero-order chi connectivity index (χ0) is 21.0. The lowest BCUT2D eigenvalue weighted by Gasteiger charge is -2.01. The highest BCUT2D eigenvalue weighted by Crippen LogP contribution is 2.09. The highest BCUT2D eigenvalue weighted by atomic mass is 19.2. The molecule has 0 saturated heterocycles. The van der Waals surface area contributed by atoms with Crippen molar-refractivity contribution in [2.24, 2.45) is 5.16 Å². The van der Waals surface area contributed by atoms with Crippen LogP contribution in [0.25, 0.3) is 0 Å². The Labute approximate surface area is 175 Å². The zero-order valence-electron chi connectivity index (χ0n) is 17.9. The second kappa shape index (κ2) is 18.1. The van der Waals surface area contributed by atoms with Crippen LogP contribution in [0.5, 0.6) is 0 Å². The molecule has 0 unspecified atom stereocenters. The average Bonchev–Trinajstić information content (AvgIpc) is 2.72. The van der Waals surface area contributed by atoms with Crippen LogP contribution in [0.1, 0.15) is 89.5 Å². The molecule has 0 fully saturated rings. The van der Waals surface area contributed by atoms with E-state index in [9.17, 15) is 8.78 Å². The number of hydrogen-bond donors (Lipinski definition) is 0. The Hall–Kier alpha value is -1.97. The quantitative estimate of drug-likeness (QED) is 0.111. The van der Waals surface area contributed by atoms with Gasteiger partial charge in [0.15, 0.2) is 11.6 Å². The summed E-state index contributed by atoms with van der Waals surface area (Å²) in [4.78, 5) is 5.17. The van der Waals surface area contributed by atoms with Gasteiger partial charge in [-0.2, -0.15) is 0 Å². The maximum Gasteiger partial charge on any atom is 0.159 e. The first kappa shape index (κ1) is 25.1. The molecule has 0 atom stereocenters. The molecule has 0 heterocycles. The van der Waals surface area contributed by atoms with Gasteiger partial charge in [0.1, 0.15) is 6.61 Å². The third-order valence-corrected chi connectivity index (χ3v) is 4.66. The summed E-state index contributed by atoms with van der Waals surface area (Å²) in [6, 6.07) is 3.65. The molecule has 0 aromatic heterocycles. The Bertz CT molecular complexity index is 611. The molecule has 0 aliphatic carbocycles. The molecule has 0 radical (unpaired) electrons. The van der Waals surface area contributed by atoms with Crippen molar-refractivity contribution in [3.63, 3.8) is 0 Å². The monoisotopic (exact) mass is 405 g/mol. The molecular formula is C25H37F2NO. The number of allylic oxidation sites excluding steroid dienone is 4. The van der Waals surface area contributed by atoms with E-state index in [1.54, 1.807) is 0 Å². The van der Waals surface area contributed by atoms with Crippen LogP contribution in [-0.2, 0) is 4.84 Å². The molecule has 0 spiro atoms. The maximum atomic E-state index is 13.0. The summed E-state index contributed by atoms with van der Waals surface area (Å²) < 4.78 is 25.8. The molecular weight excluding hydrogens is 368 g/mol. The Morgan fingerprint density at radius 1 is 0.793 bits per heavy atom. The number of oxime groups is 1. The lowest BCUT2D eigenvalue weighted by molar-refractivity contribution is 0.141. The number of halogens is 2. The molecule has 0 aliphatic rings. The molecule has 0 saturated carbocycles. The largest absolute Gasteiger partial charge is 0.396 e. The molecule has 0 amide bonds. The van der Waals surface area contributed by atoms with Crippen LogP contribution in [-0.4, -0.2) is 12.8 Å². The Kier molecular flexibility index (Phi) is 15.6. The fourth-order valence-electron chi connectivity index (χ4n) is 2.90. The van der Waals surface area contributed by atoms with Crippen molar-refractivity contribution in [1.82, 2.24) is 0 Å². The number of rotatable bonds is 17. The highest BCUT2D eigenvalue weighted by molar-refractivity contribution is 5.78. The van der Waals surface area contributed by atoms with E-state index in [-0.39, 0.29) is 0 Å². The minimum atomic E-state index is -0.876. The van der Waals surface area contributed by atoms with Gasteiger partial charge >= 0.3 is 0 Å². The summed E-state index contributed by atoms with van der Waals surface area (Å²) in [5, 5.41) is 3.79. The normalized spacial score (nSPS) is 12.0. The highest BCUT2D eigenvalue weighted by Gasteiger charge is 2.00. The molecule has 1 aromatic carbocycles. The lowest BCUT2D eigenvalue weighted by atomic mass is 10.1. The second-order valence-electron chi connectivity index (χ2n) is 7.33. The maximum absolute atomic E-state index is 13.0. The van der Waals surface area contributed by atoms with E-state index in [4.69, 9.17) is 4.84 Å². The summed E-state index contributed by atoms with van der Waals surface area (Å²) in [5.74, 6) is -1.73. The van der Waals surface area contributed by atoms with Crippen molar-refractivity contribution in [1.29, 1.82) is 0 Å². The smallest absolute Gasteiger partial charge is 0.159 e. The van der Waals surface area contributed by atoms with E-state index in [0.717, 1.165) is 31.4 Å². The van der Waals surface area contributed by atoms with Crippen LogP contribution in [0.15, 0.2) is 47.7 Å². The van der Waals surface area contributed by atoms with Gasteiger partial charge in [0.2, 0.25) is 0 Å². The Morgan fingerprint density at radius 3 is 2.14 bits per heavy atom. The van der Waals surface area contributed by atoms with Gasteiger partial charge in [-0.3, -0.25) is 0 Å². The fraction of sp³-hybridized carbons (Fsp3) is 0.560. The zero-order valence-corrected chi connectivity index (χ0v) is 17.9. The number of nitrogens with zero attached hydrogens (tertiary/aromatic N) is 1. The predicted octanol–water partition coefficient (Wildman–Crippen LogP) is 8.13. The van der Waals surface area contributed by atoms with E-state index in [1.165, 1.54) is 70.1 Å². The lowest BCUT2D eigenvalue weighted by Crippen LogP contribution is -1.91. The van der Waals surface area contributed by atoms with E-state index >= 15 is 0 Å². The molecule has 29 heavy (non-hydrogen) atoms. The van der Waals surface area contributed by atoms with Crippen molar-refractivity contribution in [3.8, 4) is 0 Å². The average molecular weight is 406 g/mol. The Morgan fingerprint density at radius 2 is 1.45 bits per heavy atom. The molecule has 1 rings (SSSR count). The van der Waals surface area contributed by atoms with Crippen molar-refractivity contribution in [2.45, 2.75) is 84.0 Å². The molecule has 2 nitrogen and oxygen atoms in total. The van der Waals surface area contributed by atoms with Crippen molar-refractivity contribution >= 4 is 6.21 Å². The minimum absolute atomic E-state index is 0.487. The summed E-state index contributed by atoms with van der Waals surface area (Å²) in [5.41, 5.74) is 0.487. The van der Waals surface area contributed by atoms with Crippen molar-refractivity contribution in [2.75, 3.05) is 6.61 Å².